The molecular weight excluding hydrogens is 410 g/mol. The summed E-state index contributed by atoms with van der Waals surface area (Å²) in [5, 5.41) is 4.62. The molecule has 2 N–H and O–H groups in total. The normalized spacial score (nSPS) is 12.3. The minimum Gasteiger partial charge on any atom is -0.451 e. The van der Waals surface area contributed by atoms with Crippen LogP contribution >= 0.6 is 0 Å². The molecular formula is C22H19N7O3. The largest absolute Gasteiger partial charge is 0.451 e. The van der Waals surface area contributed by atoms with Gasteiger partial charge in [-0.3, -0.25) is 4.79 Å². The van der Waals surface area contributed by atoms with Gasteiger partial charge in [-0.1, -0.05) is 30.3 Å². The zero-order valence-corrected chi connectivity index (χ0v) is 17.3. The number of aromatic nitrogens is 6. The molecule has 0 spiro atoms. The van der Waals surface area contributed by atoms with Gasteiger partial charge in [0.15, 0.2) is 12.0 Å². The van der Waals surface area contributed by atoms with Crippen molar-refractivity contribution in [1.82, 2.24) is 28.7 Å². The van der Waals surface area contributed by atoms with E-state index in [9.17, 15) is 9.59 Å². The predicted molar refractivity (Wildman–Crippen MR) is 118 cm³/mol. The second-order valence-corrected chi connectivity index (χ2v) is 7.40. The Balaban J connectivity index is 1.88. The fourth-order valence-electron chi connectivity index (χ4n) is 3.70. The number of hydrogen-bond donors (Lipinski definition) is 1. The van der Waals surface area contributed by atoms with Crippen molar-refractivity contribution in [1.29, 1.82) is 0 Å². The molecule has 5 rings (SSSR count). The van der Waals surface area contributed by atoms with Gasteiger partial charge in [0.25, 0.3) is 0 Å². The lowest BCUT2D eigenvalue weighted by Crippen LogP contribution is -2.26. The molecule has 4 aromatic heterocycles. The third kappa shape index (κ3) is 3.00. The van der Waals surface area contributed by atoms with E-state index in [2.05, 4.69) is 15.1 Å². The van der Waals surface area contributed by atoms with Crippen LogP contribution in [0.4, 0.5) is 5.95 Å². The van der Waals surface area contributed by atoms with Crippen LogP contribution < -0.4 is 17.0 Å². The van der Waals surface area contributed by atoms with Crippen molar-refractivity contribution in [3.8, 4) is 22.4 Å². The molecule has 4 heterocycles. The molecule has 160 valence electrons. The van der Waals surface area contributed by atoms with Crippen LogP contribution in [0.25, 0.3) is 28.0 Å². The van der Waals surface area contributed by atoms with E-state index in [1.165, 1.54) is 32.4 Å². The lowest BCUT2D eigenvalue weighted by atomic mass is 10.0. The van der Waals surface area contributed by atoms with E-state index in [0.29, 0.717) is 28.2 Å². The fraction of sp³-hybridized carbons (Fsp3) is 0.136. The monoisotopic (exact) mass is 429 g/mol. The average molecular weight is 429 g/mol. The maximum atomic E-state index is 13.3. The topological polar surface area (TPSA) is 126 Å². The fourth-order valence-corrected chi connectivity index (χ4v) is 3.70. The summed E-state index contributed by atoms with van der Waals surface area (Å²) in [6, 6.07) is 12.1. The standard InChI is InChI=1S/C22H19N7O3/c1-13(16-11-32-12-24-16)29-22(31)28-20(26-29)18(15-8-9-17(30)27(2)10-15)19(25-21(28)23)14-6-4-3-5-7-14/h3-13H,1-2H3,(H2,23,25). The first-order valence-corrected chi connectivity index (χ1v) is 9.87. The van der Waals surface area contributed by atoms with Crippen LogP contribution in [0.2, 0.25) is 0 Å². The number of nitrogens with zero attached hydrogens (tertiary/aromatic N) is 6. The summed E-state index contributed by atoms with van der Waals surface area (Å²) in [6.07, 6.45) is 4.45. The number of nitrogen functional groups attached to an aromatic ring is 1. The highest BCUT2D eigenvalue weighted by Crippen LogP contribution is 2.34. The maximum Gasteiger partial charge on any atom is 0.353 e. The number of oxazole rings is 1. The van der Waals surface area contributed by atoms with Crippen molar-refractivity contribution in [2.45, 2.75) is 13.0 Å². The summed E-state index contributed by atoms with van der Waals surface area (Å²) < 4.78 is 9.09. The number of pyridine rings is 1. The second kappa shape index (κ2) is 7.34. The molecule has 0 amide bonds. The van der Waals surface area contributed by atoms with Gasteiger partial charge < -0.3 is 14.7 Å². The van der Waals surface area contributed by atoms with E-state index in [1.54, 1.807) is 26.2 Å². The zero-order chi connectivity index (χ0) is 22.4. The second-order valence-electron chi connectivity index (χ2n) is 7.40. The molecule has 32 heavy (non-hydrogen) atoms. The van der Waals surface area contributed by atoms with Gasteiger partial charge in [-0.15, -0.1) is 5.10 Å². The molecule has 0 bridgehead atoms. The molecule has 0 fully saturated rings. The van der Waals surface area contributed by atoms with Gasteiger partial charge in [0.05, 0.1) is 17.3 Å². The Bertz CT molecular complexity index is 1550. The number of rotatable bonds is 4. The van der Waals surface area contributed by atoms with Gasteiger partial charge in [-0.25, -0.2) is 23.8 Å². The highest BCUT2D eigenvalue weighted by atomic mass is 16.3. The van der Waals surface area contributed by atoms with Crippen LogP contribution in [0, 0.1) is 0 Å². The Morgan fingerprint density at radius 3 is 2.53 bits per heavy atom. The quantitative estimate of drug-likeness (QED) is 0.464. The number of aryl methyl sites for hydroxylation is 1. The van der Waals surface area contributed by atoms with Gasteiger partial charge in [0, 0.05) is 30.4 Å². The van der Waals surface area contributed by atoms with Crippen molar-refractivity contribution in [2.75, 3.05) is 5.73 Å². The van der Waals surface area contributed by atoms with E-state index in [4.69, 9.17) is 10.2 Å². The lowest BCUT2D eigenvalue weighted by molar-refractivity contribution is 0.522. The molecule has 1 atom stereocenters. The van der Waals surface area contributed by atoms with Crippen molar-refractivity contribution in [3.05, 3.63) is 87.9 Å². The summed E-state index contributed by atoms with van der Waals surface area (Å²) in [5.41, 5.74) is 9.13. The number of anilines is 1. The minimum atomic E-state index is -0.492. The number of nitrogens with two attached hydrogens (primary N) is 1. The van der Waals surface area contributed by atoms with Crippen LogP contribution in [0.15, 0.2) is 75.3 Å². The Labute approximate surface area is 181 Å². The number of fused-ring (bicyclic) bond motifs is 1. The van der Waals surface area contributed by atoms with Crippen molar-refractivity contribution in [3.63, 3.8) is 0 Å². The summed E-state index contributed by atoms with van der Waals surface area (Å²) in [4.78, 5) is 34.0. The van der Waals surface area contributed by atoms with Crippen molar-refractivity contribution >= 4 is 11.6 Å². The molecule has 0 saturated heterocycles. The Morgan fingerprint density at radius 2 is 1.84 bits per heavy atom. The van der Waals surface area contributed by atoms with E-state index in [-0.39, 0.29) is 11.5 Å². The Kier molecular flexibility index (Phi) is 4.47. The van der Waals surface area contributed by atoms with E-state index < -0.39 is 11.7 Å². The minimum absolute atomic E-state index is 0.0102. The molecule has 10 nitrogen and oxygen atoms in total. The van der Waals surface area contributed by atoms with E-state index >= 15 is 0 Å². The zero-order valence-electron chi connectivity index (χ0n) is 17.3. The van der Waals surface area contributed by atoms with E-state index in [1.807, 2.05) is 30.3 Å². The van der Waals surface area contributed by atoms with Crippen LogP contribution in [-0.4, -0.2) is 28.7 Å². The summed E-state index contributed by atoms with van der Waals surface area (Å²) in [6.45, 7) is 1.79. The molecule has 0 aliphatic carbocycles. The molecule has 0 radical (unpaired) electrons. The van der Waals surface area contributed by atoms with Crippen molar-refractivity contribution in [2.24, 2.45) is 7.05 Å². The Hall–Kier alpha value is -4.47. The molecule has 1 aromatic carbocycles. The van der Waals surface area contributed by atoms with Gasteiger partial charge in [-0.05, 0) is 13.0 Å². The van der Waals surface area contributed by atoms with Gasteiger partial charge in [-0.2, -0.15) is 0 Å². The first-order valence-electron chi connectivity index (χ1n) is 9.87. The third-order valence-electron chi connectivity index (χ3n) is 5.39. The summed E-state index contributed by atoms with van der Waals surface area (Å²) in [5.74, 6) is 0.0102. The maximum absolute atomic E-state index is 13.3. The average Bonchev–Trinajstić information content (AvgIpc) is 3.45. The van der Waals surface area contributed by atoms with Crippen LogP contribution in [0.1, 0.15) is 18.7 Å². The first kappa shape index (κ1) is 19.5. The number of hydrogen-bond acceptors (Lipinski definition) is 7. The molecule has 0 aliphatic heterocycles. The molecule has 5 aromatic rings. The molecule has 10 heteroatoms. The lowest BCUT2D eigenvalue weighted by Gasteiger charge is -2.12. The van der Waals surface area contributed by atoms with Gasteiger partial charge in [0.1, 0.15) is 12.0 Å². The number of benzene rings is 1. The molecule has 0 saturated carbocycles. The van der Waals surface area contributed by atoms with Crippen LogP contribution in [0.5, 0.6) is 0 Å². The third-order valence-corrected chi connectivity index (χ3v) is 5.39. The smallest absolute Gasteiger partial charge is 0.353 e. The van der Waals surface area contributed by atoms with Crippen LogP contribution in [0.3, 0.4) is 0 Å². The predicted octanol–water partition coefficient (Wildman–Crippen LogP) is 2.10. The summed E-state index contributed by atoms with van der Waals surface area (Å²) in [7, 11) is 1.66. The highest BCUT2D eigenvalue weighted by Gasteiger charge is 2.24. The summed E-state index contributed by atoms with van der Waals surface area (Å²) >= 11 is 0. The SMILES string of the molecule is CC(c1cocn1)n1nc2c(-c3ccc(=O)n(C)c3)c(-c3ccccc3)nc(N)n2c1=O. The molecule has 1 unspecified atom stereocenters. The Morgan fingerprint density at radius 1 is 1.06 bits per heavy atom. The highest BCUT2D eigenvalue weighted by molar-refractivity contribution is 5.90. The van der Waals surface area contributed by atoms with E-state index in [0.717, 1.165) is 5.56 Å². The van der Waals surface area contributed by atoms with Crippen LogP contribution in [-0.2, 0) is 7.05 Å². The molecule has 0 aliphatic rings. The van der Waals surface area contributed by atoms with Gasteiger partial charge in [0.2, 0.25) is 11.5 Å². The van der Waals surface area contributed by atoms with Crippen molar-refractivity contribution < 1.29 is 4.42 Å². The van der Waals surface area contributed by atoms with Gasteiger partial charge >= 0.3 is 5.69 Å². The first-order chi connectivity index (χ1) is 15.5.